The van der Waals surface area contributed by atoms with Crippen molar-refractivity contribution in [3.05, 3.63) is 12.4 Å². The first-order valence-corrected chi connectivity index (χ1v) is 2.23. The number of allylic oxidation sites excluding steroid dienone is 1. The summed E-state index contributed by atoms with van der Waals surface area (Å²) in [5.74, 6) is -4.87. The number of halogens is 3. The molecule has 0 aliphatic heterocycles. The van der Waals surface area contributed by atoms with Crippen molar-refractivity contribution in [1.82, 2.24) is 0 Å². The van der Waals surface area contributed by atoms with Crippen LogP contribution in [0.4, 0.5) is 13.2 Å². The molecule has 0 bridgehead atoms. The molecule has 0 heterocycles. The Morgan fingerprint density at radius 2 is 2.00 bits per heavy atom. The smallest absolute Gasteiger partial charge is 0.206 e. The molecule has 8 heavy (non-hydrogen) atoms. The minimum atomic E-state index is -3.32. The zero-order valence-corrected chi connectivity index (χ0v) is 4.55. The highest BCUT2D eigenvalue weighted by Crippen LogP contribution is 2.26. The van der Waals surface area contributed by atoms with E-state index in [0.29, 0.717) is 0 Å². The van der Waals surface area contributed by atoms with E-state index in [2.05, 4.69) is 6.58 Å². The van der Waals surface area contributed by atoms with E-state index in [0.717, 1.165) is 0 Å². The summed E-state index contributed by atoms with van der Waals surface area (Å²) in [7, 11) is 0. The monoisotopic (exact) mass is 124 g/mol. The molecule has 0 aromatic rings. The van der Waals surface area contributed by atoms with Gasteiger partial charge in [0.2, 0.25) is 0 Å². The third kappa shape index (κ3) is 1.56. The van der Waals surface area contributed by atoms with E-state index in [4.69, 9.17) is 0 Å². The van der Waals surface area contributed by atoms with Crippen molar-refractivity contribution in [2.45, 2.75) is 19.3 Å². The molecular formula is C5H7F3. The number of hydrogen-bond donors (Lipinski definition) is 0. The standard InChI is InChI=1S/C5H7F3/c1-3-5(7,8)4(2)6/h2-3H2,1H3. The molecule has 0 aromatic heterocycles. The van der Waals surface area contributed by atoms with Crippen LogP contribution >= 0.6 is 0 Å². The molecule has 0 saturated heterocycles. The molecule has 0 amide bonds. The van der Waals surface area contributed by atoms with E-state index in [-0.39, 0.29) is 0 Å². The summed E-state index contributed by atoms with van der Waals surface area (Å²) >= 11 is 0. The number of hydrogen-bond acceptors (Lipinski definition) is 0. The lowest BCUT2D eigenvalue weighted by Gasteiger charge is -2.08. The highest BCUT2D eigenvalue weighted by atomic mass is 19.3. The van der Waals surface area contributed by atoms with E-state index >= 15 is 0 Å². The Kier molecular flexibility index (Phi) is 2.07. The molecule has 0 N–H and O–H groups in total. The Bertz CT molecular complexity index is 95.8. The summed E-state index contributed by atoms with van der Waals surface area (Å²) in [4.78, 5) is 0. The van der Waals surface area contributed by atoms with Crippen molar-refractivity contribution >= 4 is 0 Å². The maximum atomic E-state index is 11.8. The Labute approximate surface area is 46.0 Å². The molecule has 0 unspecified atom stereocenters. The largest absolute Gasteiger partial charge is 0.297 e. The summed E-state index contributed by atoms with van der Waals surface area (Å²) in [5.41, 5.74) is 0. The molecule has 0 fully saturated rings. The van der Waals surface area contributed by atoms with Crippen LogP contribution in [0.5, 0.6) is 0 Å². The van der Waals surface area contributed by atoms with Crippen LogP contribution in [0.2, 0.25) is 0 Å². The third-order valence-electron chi connectivity index (χ3n) is 0.841. The predicted molar refractivity (Wildman–Crippen MR) is 25.5 cm³/mol. The van der Waals surface area contributed by atoms with Crippen molar-refractivity contribution in [1.29, 1.82) is 0 Å². The molecule has 0 aliphatic rings. The highest BCUT2D eigenvalue weighted by molar-refractivity contribution is 4.95. The summed E-state index contributed by atoms with van der Waals surface area (Å²) in [6.45, 7) is 3.68. The Balaban J connectivity index is 3.91. The lowest BCUT2D eigenvalue weighted by molar-refractivity contribution is 0.0153. The van der Waals surface area contributed by atoms with Gasteiger partial charge in [-0.1, -0.05) is 13.5 Å². The molecule has 0 aromatic carbocycles. The van der Waals surface area contributed by atoms with Crippen molar-refractivity contribution < 1.29 is 13.2 Å². The molecular weight excluding hydrogens is 117 g/mol. The van der Waals surface area contributed by atoms with Crippen LogP contribution in [0, 0.1) is 0 Å². The lowest BCUT2D eigenvalue weighted by atomic mass is 10.2. The van der Waals surface area contributed by atoms with E-state index in [1.54, 1.807) is 0 Å². The fraction of sp³-hybridized carbons (Fsp3) is 0.600. The molecule has 0 radical (unpaired) electrons. The molecule has 0 atom stereocenters. The van der Waals surface area contributed by atoms with Crippen LogP contribution in [0.3, 0.4) is 0 Å². The van der Waals surface area contributed by atoms with E-state index < -0.39 is 18.2 Å². The Hall–Kier alpha value is -0.470. The van der Waals surface area contributed by atoms with Crippen molar-refractivity contribution in [3.63, 3.8) is 0 Å². The quantitative estimate of drug-likeness (QED) is 0.530. The van der Waals surface area contributed by atoms with E-state index in [1.807, 2.05) is 0 Å². The third-order valence-corrected chi connectivity index (χ3v) is 0.841. The first-order chi connectivity index (χ1) is 3.50. The van der Waals surface area contributed by atoms with Crippen LogP contribution in [0.15, 0.2) is 12.4 Å². The second-order valence-electron chi connectivity index (χ2n) is 1.46. The molecule has 0 spiro atoms. The van der Waals surface area contributed by atoms with Crippen LogP contribution in [0.25, 0.3) is 0 Å². The van der Waals surface area contributed by atoms with Crippen LogP contribution in [-0.2, 0) is 0 Å². The lowest BCUT2D eigenvalue weighted by Crippen LogP contribution is -2.13. The van der Waals surface area contributed by atoms with Gasteiger partial charge in [0.05, 0.1) is 0 Å². The van der Waals surface area contributed by atoms with Gasteiger partial charge in [-0.3, -0.25) is 0 Å². The molecule has 0 aliphatic carbocycles. The van der Waals surface area contributed by atoms with Gasteiger partial charge in [0.15, 0.2) is 5.83 Å². The first-order valence-electron chi connectivity index (χ1n) is 2.23. The van der Waals surface area contributed by atoms with Crippen LogP contribution < -0.4 is 0 Å². The van der Waals surface area contributed by atoms with E-state index in [9.17, 15) is 13.2 Å². The molecule has 3 heteroatoms. The van der Waals surface area contributed by atoms with Crippen LogP contribution in [-0.4, -0.2) is 5.92 Å². The minimum Gasteiger partial charge on any atom is -0.206 e. The summed E-state index contributed by atoms with van der Waals surface area (Å²) < 4.78 is 35.1. The van der Waals surface area contributed by atoms with Gasteiger partial charge in [-0.15, -0.1) is 0 Å². The van der Waals surface area contributed by atoms with Gasteiger partial charge >= 0.3 is 0 Å². The maximum absolute atomic E-state index is 11.8. The average molecular weight is 124 g/mol. The summed E-state index contributed by atoms with van der Waals surface area (Å²) in [5, 5.41) is 0. The second kappa shape index (κ2) is 2.20. The van der Waals surface area contributed by atoms with Crippen molar-refractivity contribution in [3.8, 4) is 0 Å². The normalized spacial score (nSPS) is 11.5. The Morgan fingerprint density at radius 1 is 1.62 bits per heavy atom. The topological polar surface area (TPSA) is 0 Å². The fourth-order valence-corrected chi connectivity index (χ4v) is 0.192. The maximum Gasteiger partial charge on any atom is 0.297 e. The SMILES string of the molecule is C=C(F)C(F)(F)CC. The van der Waals surface area contributed by atoms with Gasteiger partial charge in [-0.05, 0) is 0 Å². The highest BCUT2D eigenvalue weighted by Gasteiger charge is 2.30. The van der Waals surface area contributed by atoms with Crippen LogP contribution in [0.1, 0.15) is 13.3 Å². The van der Waals surface area contributed by atoms with Gasteiger partial charge in [0.1, 0.15) is 0 Å². The number of alkyl halides is 2. The molecule has 0 nitrogen and oxygen atoms in total. The fourth-order valence-electron chi connectivity index (χ4n) is 0.192. The zero-order chi connectivity index (χ0) is 6.78. The minimum absolute atomic E-state index is 0.525. The van der Waals surface area contributed by atoms with Gasteiger partial charge in [-0.2, -0.15) is 8.78 Å². The van der Waals surface area contributed by atoms with Crippen molar-refractivity contribution in [2.24, 2.45) is 0 Å². The predicted octanol–water partition coefficient (Wildman–Crippen LogP) is 2.51. The summed E-state index contributed by atoms with van der Waals surface area (Å²) in [6.07, 6.45) is -0.525. The van der Waals surface area contributed by atoms with Gasteiger partial charge < -0.3 is 0 Å². The zero-order valence-electron chi connectivity index (χ0n) is 4.55. The summed E-state index contributed by atoms with van der Waals surface area (Å²) in [6, 6.07) is 0. The number of rotatable bonds is 2. The van der Waals surface area contributed by atoms with Gasteiger partial charge in [-0.25, -0.2) is 4.39 Å². The van der Waals surface area contributed by atoms with Gasteiger partial charge in [0, 0.05) is 6.42 Å². The molecule has 48 valence electrons. The second-order valence-corrected chi connectivity index (χ2v) is 1.46. The molecule has 0 saturated carbocycles. The van der Waals surface area contributed by atoms with Crippen molar-refractivity contribution in [2.75, 3.05) is 0 Å². The van der Waals surface area contributed by atoms with E-state index in [1.165, 1.54) is 6.92 Å². The molecule has 0 rings (SSSR count). The van der Waals surface area contributed by atoms with Gasteiger partial charge in [0.25, 0.3) is 5.92 Å². The first kappa shape index (κ1) is 7.53. The average Bonchev–Trinajstić information content (AvgIpc) is 1.67. The Morgan fingerprint density at radius 3 is 2.00 bits per heavy atom.